The Morgan fingerprint density at radius 1 is 1.28 bits per heavy atom. The second-order valence-corrected chi connectivity index (χ2v) is 5.05. The molecule has 0 aromatic carbocycles. The molecular weight excluding hydrogens is 320 g/mol. The zero-order valence-corrected chi connectivity index (χ0v) is 13.0. The first kappa shape index (κ1) is 15.7. The van der Waals surface area contributed by atoms with E-state index in [0.717, 1.165) is 0 Å². The SMILES string of the molecule is C[C@@H](C#N)Nc1cc(-n2ncc3cc(C#N)cnc32)ncc1N=[N+]=[N-]. The quantitative estimate of drug-likeness (QED) is 0.441. The predicted octanol–water partition coefficient (Wildman–Crippen LogP) is 2.95. The summed E-state index contributed by atoms with van der Waals surface area (Å²) < 4.78 is 1.50. The van der Waals surface area contributed by atoms with Crippen LogP contribution < -0.4 is 5.32 Å². The van der Waals surface area contributed by atoms with Crippen molar-refractivity contribution in [3.63, 3.8) is 0 Å². The third kappa shape index (κ3) is 3.01. The maximum Gasteiger partial charge on any atom is 0.164 e. The van der Waals surface area contributed by atoms with Crippen LogP contribution in [0.25, 0.3) is 27.3 Å². The number of pyridine rings is 2. The molecule has 0 unspecified atom stereocenters. The zero-order valence-electron chi connectivity index (χ0n) is 13.0. The van der Waals surface area contributed by atoms with Crippen molar-refractivity contribution in [1.82, 2.24) is 19.7 Å². The molecule has 0 aliphatic carbocycles. The lowest BCUT2D eigenvalue weighted by atomic mass is 10.2. The summed E-state index contributed by atoms with van der Waals surface area (Å²) in [4.78, 5) is 11.2. The highest BCUT2D eigenvalue weighted by Gasteiger charge is 2.12. The first-order valence-corrected chi connectivity index (χ1v) is 7.12. The second-order valence-electron chi connectivity index (χ2n) is 5.05. The van der Waals surface area contributed by atoms with Gasteiger partial charge in [-0.25, -0.2) is 9.97 Å². The molecule has 1 N–H and O–H groups in total. The summed E-state index contributed by atoms with van der Waals surface area (Å²) >= 11 is 0. The first-order chi connectivity index (χ1) is 12.2. The summed E-state index contributed by atoms with van der Waals surface area (Å²) in [5.74, 6) is 0.428. The lowest BCUT2D eigenvalue weighted by Gasteiger charge is -2.12. The van der Waals surface area contributed by atoms with E-state index >= 15 is 0 Å². The van der Waals surface area contributed by atoms with Crippen LogP contribution in [0.15, 0.2) is 35.8 Å². The van der Waals surface area contributed by atoms with Gasteiger partial charge in [-0.1, -0.05) is 5.11 Å². The Labute approximate surface area is 141 Å². The highest BCUT2D eigenvalue weighted by Crippen LogP contribution is 2.27. The summed E-state index contributed by atoms with van der Waals surface area (Å²) in [5, 5.41) is 29.4. The Kier molecular flexibility index (Phi) is 4.12. The zero-order chi connectivity index (χ0) is 17.8. The smallest absolute Gasteiger partial charge is 0.164 e. The normalized spacial score (nSPS) is 11.2. The average Bonchev–Trinajstić information content (AvgIpc) is 3.06. The average molecular weight is 330 g/mol. The molecule has 10 nitrogen and oxygen atoms in total. The van der Waals surface area contributed by atoms with Crippen LogP contribution in [0.1, 0.15) is 12.5 Å². The molecule has 3 heterocycles. The maximum absolute atomic E-state index is 8.98. The summed E-state index contributed by atoms with van der Waals surface area (Å²) in [6, 6.07) is 6.87. The number of aromatic nitrogens is 4. The van der Waals surface area contributed by atoms with E-state index < -0.39 is 6.04 Å². The first-order valence-electron chi connectivity index (χ1n) is 7.12. The number of anilines is 1. The van der Waals surface area contributed by atoms with E-state index in [1.165, 1.54) is 17.1 Å². The van der Waals surface area contributed by atoms with Gasteiger partial charge in [-0.3, -0.25) is 0 Å². The Morgan fingerprint density at radius 2 is 2.12 bits per heavy atom. The number of azide groups is 1. The number of hydrogen-bond donors (Lipinski definition) is 1. The van der Waals surface area contributed by atoms with Crippen LogP contribution in [0.4, 0.5) is 11.4 Å². The van der Waals surface area contributed by atoms with Gasteiger partial charge >= 0.3 is 0 Å². The highest BCUT2D eigenvalue weighted by atomic mass is 15.3. The second kappa shape index (κ2) is 6.54. The molecule has 0 saturated carbocycles. The lowest BCUT2D eigenvalue weighted by Crippen LogP contribution is -2.13. The minimum Gasteiger partial charge on any atom is -0.370 e. The van der Waals surface area contributed by atoms with Crippen molar-refractivity contribution in [2.24, 2.45) is 5.11 Å². The number of rotatable bonds is 4. The van der Waals surface area contributed by atoms with Crippen molar-refractivity contribution < 1.29 is 0 Å². The Morgan fingerprint density at radius 3 is 2.84 bits per heavy atom. The minimum absolute atomic E-state index is 0.268. The molecule has 0 spiro atoms. The molecule has 0 bridgehead atoms. The van der Waals surface area contributed by atoms with Gasteiger partial charge in [0.15, 0.2) is 11.5 Å². The third-order valence-corrected chi connectivity index (χ3v) is 3.34. The Hall–Kier alpha value is -4.14. The van der Waals surface area contributed by atoms with E-state index in [-0.39, 0.29) is 5.69 Å². The molecule has 0 saturated heterocycles. The summed E-state index contributed by atoms with van der Waals surface area (Å²) in [5.41, 5.74) is 10.3. The monoisotopic (exact) mass is 330 g/mol. The van der Waals surface area contributed by atoms with Gasteiger partial charge < -0.3 is 5.32 Å². The van der Waals surface area contributed by atoms with Crippen LogP contribution in [0, 0.1) is 22.7 Å². The molecule has 120 valence electrons. The van der Waals surface area contributed by atoms with Crippen molar-refractivity contribution in [2.75, 3.05) is 5.32 Å². The fraction of sp³-hybridized carbons (Fsp3) is 0.133. The van der Waals surface area contributed by atoms with E-state index in [0.29, 0.717) is 28.1 Å². The molecule has 0 fully saturated rings. The fourth-order valence-electron chi connectivity index (χ4n) is 2.21. The molecule has 0 amide bonds. The van der Waals surface area contributed by atoms with E-state index in [1.807, 2.05) is 12.1 Å². The van der Waals surface area contributed by atoms with Crippen molar-refractivity contribution in [2.45, 2.75) is 13.0 Å². The molecule has 3 aromatic rings. The van der Waals surface area contributed by atoms with E-state index in [2.05, 4.69) is 30.4 Å². The summed E-state index contributed by atoms with van der Waals surface area (Å²) in [6.45, 7) is 1.67. The summed E-state index contributed by atoms with van der Waals surface area (Å²) in [6.07, 6.45) is 4.42. The Bertz CT molecular complexity index is 1080. The molecule has 25 heavy (non-hydrogen) atoms. The topological polar surface area (TPSA) is 152 Å². The van der Waals surface area contributed by atoms with Gasteiger partial charge in [0.25, 0.3) is 0 Å². The molecule has 0 aliphatic heterocycles. The van der Waals surface area contributed by atoms with Crippen molar-refractivity contribution in [3.8, 4) is 18.0 Å². The van der Waals surface area contributed by atoms with Gasteiger partial charge in [0.1, 0.15) is 12.1 Å². The van der Waals surface area contributed by atoms with Gasteiger partial charge in [-0.05, 0) is 18.5 Å². The predicted molar refractivity (Wildman–Crippen MR) is 88.9 cm³/mol. The molecule has 0 aliphatic rings. The molecule has 0 radical (unpaired) electrons. The van der Waals surface area contributed by atoms with Crippen LogP contribution in [-0.2, 0) is 0 Å². The molecule has 3 rings (SSSR count). The molecule has 3 aromatic heterocycles. The number of nitrogens with one attached hydrogen (secondary N) is 1. The minimum atomic E-state index is -0.492. The number of fused-ring (bicyclic) bond motifs is 1. The van der Waals surface area contributed by atoms with Crippen LogP contribution in [-0.4, -0.2) is 25.8 Å². The van der Waals surface area contributed by atoms with E-state index in [1.54, 1.807) is 25.3 Å². The van der Waals surface area contributed by atoms with E-state index in [9.17, 15) is 0 Å². The summed E-state index contributed by atoms with van der Waals surface area (Å²) in [7, 11) is 0. The van der Waals surface area contributed by atoms with Crippen molar-refractivity contribution in [3.05, 3.63) is 46.7 Å². The van der Waals surface area contributed by atoms with Crippen molar-refractivity contribution in [1.29, 1.82) is 10.5 Å². The van der Waals surface area contributed by atoms with Gasteiger partial charge in [0.2, 0.25) is 0 Å². The molecular formula is C15H10N10. The third-order valence-electron chi connectivity index (χ3n) is 3.34. The number of hydrogen-bond acceptors (Lipinski definition) is 7. The van der Waals surface area contributed by atoms with E-state index in [4.69, 9.17) is 16.1 Å². The van der Waals surface area contributed by atoms with Gasteiger partial charge in [0.05, 0.1) is 29.2 Å². The van der Waals surface area contributed by atoms with Crippen LogP contribution in [0.2, 0.25) is 0 Å². The highest BCUT2D eigenvalue weighted by molar-refractivity contribution is 5.78. The van der Waals surface area contributed by atoms with Crippen LogP contribution in [0.5, 0.6) is 0 Å². The largest absolute Gasteiger partial charge is 0.370 e. The maximum atomic E-state index is 8.98. The Balaban J connectivity index is 2.12. The van der Waals surface area contributed by atoms with Gasteiger partial charge in [-0.2, -0.15) is 20.3 Å². The fourth-order valence-corrected chi connectivity index (χ4v) is 2.21. The van der Waals surface area contributed by atoms with Crippen molar-refractivity contribution >= 4 is 22.4 Å². The molecule has 1 atom stereocenters. The van der Waals surface area contributed by atoms with Crippen LogP contribution in [0.3, 0.4) is 0 Å². The van der Waals surface area contributed by atoms with Gasteiger partial charge in [-0.15, -0.1) is 0 Å². The van der Waals surface area contributed by atoms with Crippen LogP contribution >= 0.6 is 0 Å². The standard InChI is InChI=1S/C15H10N10/c1-9(4-16)22-12-3-14(19-8-13(12)23-24-18)25-15-11(7-21-25)2-10(5-17)6-20-15/h2-3,6-9H,1H3,(H,19,22)/t9-/m0/s1. The lowest BCUT2D eigenvalue weighted by molar-refractivity contribution is 0.862. The number of nitriles is 2. The molecule has 10 heteroatoms. The van der Waals surface area contributed by atoms with Gasteiger partial charge in [0, 0.05) is 28.8 Å². The number of nitrogens with zero attached hydrogens (tertiary/aromatic N) is 9.